The summed E-state index contributed by atoms with van der Waals surface area (Å²) in [6.07, 6.45) is 0. The Balaban J connectivity index is 2.99. The topological polar surface area (TPSA) is 72.2 Å². The Hall–Kier alpha value is -1.01. The van der Waals surface area contributed by atoms with Crippen LogP contribution in [0, 0.1) is 0 Å². The van der Waals surface area contributed by atoms with Crippen LogP contribution in [0.25, 0.3) is 0 Å². The summed E-state index contributed by atoms with van der Waals surface area (Å²) in [6.45, 7) is 5.19. The first-order chi connectivity index (χ1) is 8.77. The predicted octanol–water partition coefficient (Wildman–Crippen LogP) is 2.55. The molecule has 1 aromatic carbocycles. The molecule has 104 valence electrons. The van der Waals surface area contributed by atoms with Crippen LogP contribution in [0.1, 0.15) is 31.1 Å². The average molecular weight is 345 g/mol. The van der Waals surface area contributed by atoms with Crippen molar-refractivity contribution in [3.05, 3.63) is 28.2 Å². The Morgan fingerprint density at radius 2 is 2.05 bits per heavy atom. The third-order valence-corrected chi connectivity index (χ3v) is 4.10. The van der Waals surface area contributed by atoms with Crippen molar-refractivity contribution in [3.63, 3.8) is 0 Å². The maximum Gasteiger partial charge on any atom is 0.253 e. The van der Waals surface area contributed by atoms with Gasteiger partial charge in [0, 0.05) is 9.37 Å². The lowest BCUT2D eigenvalue weighted by Gasteiger charge is -2.22. The summed E-state index contributed by atoms with van der Waals surface area (Å²) < 4.78 is 0.686. The van der Waals surface area contributed by atoms with E-state index in [2.05, 4.69) is 21.2 Å². The Kier molecular flexibility index (Phi) is 5.43. The quantitative estimate of drug-likeness (QED) is 0.806. The predicted molar refractivity (Wildman–Crippen MR) is 81.3 cm³/mol. The number of carbonyl (C=O) groups is 2. The number of rotatable bonds is 5. The summed E-state index contributed by atoms with van der Waals surface area (Å²) >= 11 is 4.99. The second-order valence-electron chi connectivity index (χ2n) is 4.52. The molecular formula is C13H17BrN2O2S. The lowest BCUT2D eigenvalue weighted by Crippen LogP contribution is -2.53. The zero-order valence-electron chi connectivity index (χ0n) is 11.1. The first-order valence-corrected chi connectivity index (χ1v) is 7.60. The molecule has 0 saturated carbocycles. The molecule has 0 unspecified atom stereocenters. The van der Waals surface area contributed by atoms with Crippen molar-refractivity contribution in [1.82, 2.24) is 5.32 Å². The third-order valence-electron chi connectivity index (χ3n) is 2.54. The number of hydrogen-bond donors (Lipinski definition) is 2. The minimum Gasteiger partial charge on any atom is -0.368 e. The highest BCUT2D eigenvalue weighted by Crippen LogP contribution is 2.25. The molecule has 0 radical (unpaired) electrons. The van der Waals surface area contributed by atoms with E-state index in [0.29, 0.717) is 10.0 Å². The van der Waals surface area contributed by atoms with Gasteiger partial charge in [-0.15, -0.1) is 11.8 Å². The van der Waals surface area contributed by atoms with Crippen molar-refractivity contribution in [2.24, 2.45) is 5.73 Å². The van der Waals surface area contributed by atoms with Gasteiger partial charge in [0.2, 0.25) is 5.91 Å². The molecule has 0 fully saturated rings. The second-order valence-corrected chi connectivity index (χ2v) is 6.71. The summed E-state index contributed by atoms with van der Waals surface area (Å²) in [4.78, 5) is 24.4. The number of primary amides is 1. The van der Waals surface area contributed by atoms with Crippen LogP contribution in [0.5, 0.6) is 0 Å². The summed E-state index contributed by atoms with van der Waals surface area (Å²) in [5, 5.41) is 2.63. The van der Waals surface area contributed by atoms with E-state index >= 15 is 0 Å². The van der Waals surface area contributed by atoms with E-state index in [1.807, 2.05) is 19.1 Å². The molecule has 1 aromatic rings. The van der Waals surface area contributed by atoms with Crippen molar-refractivity contribution in [1.29, 1.82) is 0 Å². The number of amides is 2. The first kappa shape index (κ1) is 16.0. The standard InChI is InChI=1S/C13H17BrN2O2S/c1-4-19-8-5-6-10(14)9(7-8)11(17)16-13(2,3)12(15)18/h5-7H,4H2,1-3H3,(H2,15,18)(H,16,17). The van der Waals surface area contributed by atoms with Gasteiger partial charge in [0.05, 0.1) is 5.56 Å². The molecule has 6 heteroatoms. The fraction of sp³-hybridized carbons (Fsp3) is 0.385. The lowest BCUT2D eigenvalue weighted by molar-refractivity contribution is -0.122. The molecule has 0 atom stereocenters. The highest BCUT2D eigenvalue weighted by Gasteiger charge is 2.28. The number of nitrogens with two attached hydrogens (primary N) is 1. The molecule has 0 bridgehead atoms. The zero-order valence-corrected chi connectivity index (χ0v) is 13.5. The lowest BCUT2D eigenvalue weighted by atomic mass is 10.0. The van der Waals surface area contributed by atoms with E-state index in [0.717, 1.165) is 10.6 Å². The van der Waals surface area contributed by atoms with Crippen LogP contribution in [-0.2, 0) is 4.79 Å². The molecule has 0 spiro atoms. The molecule has 0 heterocycles. The van der Waals surface area contributed by atoms with Crippen molar-refractivity contribution in [2.45, 2.75) is 31.2 Å². The molecule has 0 aliphatic heterocycles. The number of hydrogen-bond acceptors (Lipinski definition) is 3. The Morgan fingerprint density at radius 3 is 2.58 bits per heavy atom. The normalized spacial score (nSPS) is 11.2. The summed E-state index contributed by atoms with van der Waals surface area (Å²) in [5.41, 5.74) is 4.66. The molecule has 4 nitrogen and oxygen atoms in total. The highest BCUT2D eigenvalue weighted by atomic mass is 79.9. The fourth-order valence-corrected chi connectivity index (χ4v) is 2.47. The molecular weight excluding hydrogens is 328 g/mol. The minimum atomic E-state index is -1.08. The van der Waals surface area contributed by atoms with Gasteiger partial charge in [-0.3, -0.25) is 9.59 Å². The Bertz CT molecular complexity index is 503. The van der Waals surface area contributed by atoms with Gasteiger partial charge in [0.25, 0.3) is 5.91 Å². The minimum absolute atomic E-state index is 0.325. The maximum absolute atomic E-state index is 12.2. The zero-order chi connectivity index (χ0) is 14.6. The van der Waals surface area contributed by atoms with E-state index in [1.165, 1.54) is 0 Å². The first-order valence-electron chi connectivity index (χ1n) is 5.82. The van der Waals surface area contributed by atoms with E-state index in [4.69, 9.17) is 5.73 Å². The van der Waals surface area contributed by atoms with Crippen LogP contribution in [0.3, 0.4) is 0 Å². The van der Waals surface area contributed by atoms with Crippen LogP contribution in [-0.4, -0.2) is 23.1 Å². The van der Waals surface area contributed by atoms with Gasteiger partial charge in [-0.05, 0) is 53.7 Å². The van der Waals surface area contributed by atoms with Crippen molar-refractivity contribution >= 4 is 39.5 Å². The number of thioether (sulfide) groups is 1. The molecule has 0 aliphatic carbocycles. The van der Waals surface area contributed by atoms with Crippen LogP contribution >= 0.6 is 27.7 Å². The summed E-state index contributed by atoms with van der Waals surface area (Å²) in [7, 11) is 0. The molecule has 19 heavy (non-hydrogen) atoms. The van der Waals surface area contributed by atoms with Crippen LogP contribution < -0.4 is 11.1 Å². The van der Waals surface area contributed by atoms with E-state index in [9.17, 15) is 9.59 Å². The molecule has 3 N–H and O–H groups in total. The molecule has 0 aromatic heterocycles. The van der Waals surface area contributed by atoms with Gasteiger partial charge in [0.15, 0.2) is 0 Å². The van der Waals surface area contributed by atoms with Gasteiger partial charge >= 0.3 is 0 Å². The number of nitrogens with one attached hydrogen (secondary N) is 1. The number of carbonyl (C=O) groups excluding carboxylic acids is 2. The van der Waals surface area contributed by atoms with Crippen molar-refractivity contribution in [3.8, 4) is 0 Å². The van der Waals surface area contributed by atoms with Gasteiger partial charge in [0.1, 0.15) is 5.54 Å². The molecule has 0 aliphatic rings. The van der Waals surface area contributed by atoms with Gasteiger partial charge in [-0.1, -0.05) is 6.92 Å². The van der Waals surface area contributed by atoms with Crippen molar-refractivity contribution in [2.75, 3.05) is 5.75 Å². The molecule has 2 amide bonds. The second kappa shape index (κ2) is 6.43. The van der Waals surface area contributed by atoms with Crippen LogP contribution in [0.2, 0.25) is 0 Å². The highest BCUT2D eigenvalue weighted by molar-refractivity contribution is 9.10. The summed E-state index contributed by atoms with van der Waals surface area (Å²) in [5.74, 6) is 0.0282. The molecule has 0 saturated heterocycles. The van der Waals surface area contributed by atoms with Crippen molar-refractivity contribution < 1.29 is 9.59 Å². The van der Waals surface area contributed by atoms with E-state index in [-0.39, 0.29) is 5.91 Å². The summed E-state index contributed by atoms with van der Waals surface area (Å²) in [6, 6.07) is 5.56. The SMILES string of the molecule is CCSc1ccc(Br)c(C(=O)NC(C)(C)C(N)=O)c1. The molecule has 1 rings (SSSR count). The Morgan fingerprint density at radius 1 is 1.42 bits per heavy atom. The van der Waals surface area contributed by atoms with Crippen LogP contribution in [0.15, 0.2) is 27.6 Å². The van der Waals surface area contributed by atoms with Crippen LogP contribution in [0.4, 0.5) is 0 Å². The fourth-order valence-electron chi connectivity index (χ4n) is 1.35. The van der Waals surface area contributed by atoms with E-state index < -0.39 is 11.4 Å². The third kappa shape index (κ3) is 4.24. The average Bonchev–Trinajstić information content (AvgIpc) is 2.31. The number of benzene rings is 1. The van der Waals surface area contributed by atoms with Gasteiger partial charge in [-0.25, -0.2) is 0 Å². The van der Waals surface area contributed by atoms with E-state index in [1.54, 1.807) is 31.7 Å². The smallest absolute Gasteiger partial charge is 0.253 e. The largest absolute Gasteiger partial charge is 0.368 e. The monoisotopic (exact) mass is 344 g/mol. The maximum atomic E-state index is 12.2. The number of halogens is 1. The van der Waals surface area contributed by atoms with Gasteiger partial charge in [-0.2, -0.15) is 0 Å². The Labute approximate surface area is 125 Å². The van der Waals surface area contributed by atoms with Gasteiger partial charge < -0.3 is 11.1 Å².